The summed E-state index contributed by atoms with van der Waals surface area (Å²) in [4.78, 5) is 74.3. The van der Waals surface area contributed by atoms with E-state index in [1.54, 1.807) is 181 Å². The van der Waals surface area contributed by atoms with Crippen LogP contribution in [-0.4, -0.2) is 38.0 Å². The van der Waals surface area contributed by atoms with E-state index in [1.807, 2.05) is 0 Å². The lowest BCUT2D eigenvalue weighted by Crippen LogP contribution is -2.11. The summed E-state index contributed by atoms with van der Waals surface area (Å²) in [5, 5.41) is 24.9. The van der Waals surface area contributed by atoms with Crippen molar-refractivity contribution < 1.29 is 75.1 Å². The van der Waals surface area contributed by atoms with Crippen LogP contribution >= 0.6 is 15.9 Å². The molecule has 0 aliphatic heterocycles. The van der Waals surface area contributed by atoms with Gasteiger partial charge in [0.05, 0.1) is 135 Å². The third-order valence-electron chi connectivity index (χ3n) is 22.9. The first-order chi connectivity index (χ1) is 68.8. The van der Waals surface area contributed by atoms with Gasteiger partial charge in [0.1, 0.15) is 87.3 Å². The van der Waals surface area contributed by atoms with E-state index < -0.39 is 131 Å². The molecule has 0 atom stereocenters. The van der Waals surface area contributed by atoms with Crippen molar-refractivity contribution in [2.45, 2.75) is 6.92 Å². The lowest BCUT2D eigenvalue weighted by atomic mass is 9.99. The van der Waals surface area contributed by atoms with Crippen LogP contribution in [0.1, 0.15) is 28.4 Å². The number of halogens is 16. The van der Waals surface area contributed by atoms with E-state index in [4.69, 9.17) is 14.9 Å². The Morgan fingerprint density at radius 1 is 0.287 bits per heavy atom. The summed E-state index contributed by atoms with van der Waals surface area (Å²) in [5.74, 6) is -12.1. The minimum Gasteiger partial charge on any atom is -0.423 e. The number of ketones is 1. The third kappa shape index (κ3) is 19.4. The van der Waals surface area contributed by atoms with Gasteiger partial charge in [0.2, 0.25) is 12.3 Å². The van der Waals surface area contributed by atoms with Crippen LogP contribution in [0.5, 0.6) is 0 Å². The fourth-order valence-corrected chi connectivity index (χ4v) is 16.9. The number of carbonyl (C=O) groups is 1. The first-order valence-electron chi connectivity index (χ1n) is 42.6. The van der Waals surface area contributed by atoms with E-state index in [2.05, 4.69) is 26.1 Å². The molecule has 0 amide bonds. The summed E-state index contributed by atoms with van der Waals surface area (Å²) >= 11 is 3.04. The van der Waals surface area contributed by atoms with Crippen LogP contribution in [0.3, 0.4) is 0 Å². The fraction of sp³-hybridized carbons (Fsp3) is 0.00901. The molecule has 10 aromatic carbocycles. The normalized spacial score (nSPS) is 11.0. The predicted octanol–water partition coefficient (Wildman–Crippen LogP) is 26.0. The zero-order chi connectivity index (χ0) is 101. The SMILES string of the molecule is CC(=O)c1cc(F)c(-c2c(=O)ccn3c(-c4ccc(F)cc4)cccc23)c(F)c1.N#Cc1cc(F)c(-c2c(=O)ccn3c(-c4ccc(F)cc4)cccc23)c(F)c1.N#Cc1cc(F)c(-c2c(=O)ccn3c(-c4ccccc4F)cccc23)c(F)c1.O=c1ccn2c(-c3ccc(F)cc3)cccc2c1-c1c(F)cc(-c2nnco2)cc1F.O=c1ccn2c(-c3ccc(F)cc3)cccc2c1-c1c(F)cc(Br)cc1F. The molecule has 0 aliphatic rings. The monoisotopic (exact) mass is 1990 g/mol. The van der Waals surface area contributed by atoms with Crippen molar-refractivity contribution in [3.05, 3.63) is 500 Å². The molecule has 16 nitrogen and oxygen atoms in total. The molecule has 21 rings (SSSR count). The van der Waals surface area contributed by atoms with E-state index in [-0.39, 0.29) is 99.7 Å². The van der Waals surface area contributed by atoms with Crippen LogP contribution < -0.4 is 27.1 Å². The van der Waals surface area contributed by atoms with Crippen LogP contribution in [0.4, 0.5) is 65.9 Å². The van der Waals surface area contributed by atoms with Gasteiger partial charge in [-0.1, -0.05) is 58.4 Å². The standard InChI is InChI=1S/C23H12F3N3O2.C23H14F3NO2.2C22H11F3N2O.C21H11BrF3NO/c24-15-6-4-13(5-7-15)18-2-1-3-19-22(20(30)8-9-29(18)19)21-16(25)10-14(11-17(21)26)23-28-27-12-31-23;1-13(28)15-11-17(25)22(18(26)12-15)23-20-4-2-3-19(27(20)10-9-21(23)29)14-5-7-16(24)8-6-14;23-15-5-2-1-4-14(15)18-6-3-7-19-22(20(28)8-9-27(18)19)21-16(24)10-13(12-26)11-17(21)25;23-15-6-4-14(5-7-15)18-2-1-3-19-22(20(28)8-9-27(18)19)21-16(24)10-13(12-26)11-17(21)25;22-13-10-15(24)20(16(25)11-13)21-18-3-1-2-17(26(18)9-8-19(21)27)12-4-6-14(23)7-5-12/h1-12H;2-12H,1H3;2*1-11H;1-11H. The fourth-order valence-electron chi connectivity index (χ4n) is 16.5. The van der Waals surface area contributed by atoms with Crippen LogP contribution in [0, 0.1) is 110 Å². The maximum absolute atomic E-state index is 15.0. The van der Waals surface area contributed by atoms with Crippen molar-refractivity contribution in [3.63, 3.8) is 0 Å². The van der Waals surface area contributed by atoms with Crippen LogP contribution in [0.15, 0.2) is 374 Å². The minimum absolute atomic E-state index is 0.0439. The van der Waals surface area contributed by atoms with Crippen molar-refractivity contribution >= 4 is 49.3 Å². The third-order valence-corrected chi connectivity index (χ3v) is 23.4. The van der Waals surface area contributed by atoms with Gasteiger partial charge in [0, 0.05) is 82.5 Å². The van der Waals surface area contributed by atoms with E-state index in [0.29, 0.717) is 61.8 Å². The Kier molecular flexibility index (Phi) is 27.4. The summed E-state index contributed by atoms with van der Waals surface area (Å²) in [5.41, 5.74) is 1.20. The van der Waals surface area contributed by atoms with Gasteiger partial charge < -0.3 is 26.4 Å². The Hall–Kier alpha value is -18.4. The highest BCUT2D eigenvalue weighted by Gasteiger charge is 2.28. The number of fused-ring (bicyclic) bond motifs is 5. The molecule has 0 fully saturated rings. The number of hydrogen-bond acceptors (Lipinski definition) is 11. The second-order valence-electron chi connectivity index (χ2n) is 31.6. The number of pyridine rings is 10. The molecular weight excluding hydrogens is 1940 g/mol. The first-order valence-corrected chi connectivity index (χ1v) is 43.4. The molecule has 11 aromatic heterocycles. The van der Waals surface area contributed by atoms with Gasteiger partial charge in [0.15, 0.2) is 32.9 Å². The van der Waals surface area contributed by atoms with E-state index in [1.165, 1.54) is 133 Å². The minimum atomic E-state index is -1.02. The molecule has 143 heavy (non-hydrogen) atoms. The number of nitriles is 2. The highest BCUT2D eigenvalue weighted by molar-refractivity contribution is 9.10. The van der Waals surface area contributed by atoms with Crippen molar-refractivity contribution in [2.24, 2.45) is 0 Å². The van der Waals surface area contributed by atoms with Gasteiger partial charge in [-0.15, -0.1) is 10.2 Å². The average molecular weight is 2000 g/mol. The molecule has 0 N–H and O–H groups in total. The molecule has 702 valence electrons. The summed E-state index contributed by atoms with van der Waals surface area (Å²) in [6, 6.07) is 73.2. The van der Waals surface area contributed by atoms with Crippen molar-refractivity contribution in [3.8, 4) is 136 Å². The number of nitrogens with zero attached hydrogens (tertiary/aromatic N) is 9. The molecule has 0 saturated carbocycles. The van der Waals surface area contributed by atoms with E-state index >= 15 is 8.78 Å². The summed E-state index contributed by atoms with van der Waals surface area (Å²) in [6.45, 7) is 1.20. The van der Waals surface area contributed by atoms with Gasteiger partial charge in [-0.3, -0.25) is 28.8 Å². The van der Waals surface area contributed by atoms with E-state index in [9.17, 15) is 85.8 Å². The largest absolute Gasteiger partial charge is 0.423 e. The van der Waals surface area contributed by atoms with Gasteiger partial charge >= 0.3 is 0 Å². The topological polar surface area (TPSA) is 211 Å². The molecule has 0 saturated heterocycles. The Morgan fingerprint density at radius 2 is 0.545 bits per heavy atom. The van der Waals surface area contributed by atoms with Crippen molar-refractivity contribution in [1.82, 2.24) is 32.2 Å². The second kappa shape index (κ2) is 40.7. The molecule has 0 bridgehead atoms. The second-order valence-corrected chi connectivity index (χ2v) is 32.6. The maximum Gasteiger partial charge on any atom is 0.247 e. The van der Waals surface area contributed by atoms with Crippen molar-refractivity contribution in [2.75, 3.05) is 0 Å². The Bertz CT molecular complexity index is 9010. The van der Waals surface area contributed by atoms with Gasteiger partial charge in [-0.25, -0.2) is 65.9 Å². The summed E-state index contributed by atoms with van der Waals surface area (Å²) in [6.07, 6.45) is 8.53. The van der Waals surface area contributed by atoms with Crippen LogP contribution in [0.25, 0.3) is 151 Å². The Morgan fingerprint density at radius 3 is 0.811 bits per heavy atom. The predicted molar refractivity (Wildman–Crippen MR) is 512 cm³/mol. The van der Waals surface area contributed by atoms with Crippen molar-refractivity contribution in [1.29, 1.82) is 10.5 Å². The maximum atomic E-state index is 15.0. The zero-order valence-corrected chi connectivity index (χ0v) is 74.8. The quantitative estimate of drug-likeness (QED) is 0.0829. The number of benzene rings is 10. The molecule has 0 radical (unpaired) electrons. The van der Waals surface area contributed by atoms with Crippen LogP contribution in [-0.2, 0) is 0 Å². The number of rotatable bonds is 12. The number of Topliss-reactive ketones (excluding diaryl/α,β-unsaturated/α-hetero) is 1. The molecule has 0 aliphatic carbocycles. The zero-order valence-electron chi connectivity index (χ0n) is 73.3. The van der Waals surface area contributed by atoms with Crippen LogP contribution in [0.2, 0.25) is 0 Å². The average Bonchev–Trinajstić information content (AvgIpc) is 0.983. The number of aromatic nitrogens is 7. The first kappa shape index (κ1) is 96.3. The molecule has 32 heteroatoms. The lowest BCUT2D eigenvalue weighted by molar-refractivity contribution is 0.101. The van der Waals surface area contributed by atoms with E-state index in [0.717, 1.165) is 67.1 Å². The summed E-state index contributed by atoms with van der Waals surface area (Å²) < 4.78 is 228. The Labute approximate surface area is 805 Å². The lowest BCUT2D eigenvalue weighted by Gasteiger charge is -2.14. The number of carbonyl (C=O) groups excluding carboxylic acids is 1. The highest BCUT2D eigenvalue weighted by Crippen LogP contribution is 2.40. The molecule has 0 spiro atoms. The molecular formula is C111H59BrF15N9O7. The van der Waals surface area contributed by atoms with Gasteiger partial charge in [0.25, 0.3) is 0 Å². The summed E-state index contributed by atoms with van der Waals surface area (Å²) in [7, 11) is 0. The van der Waals surface area contributed by atoms with Gasteiger partial charge in [-0.2, -0.15) is 10.5 Å². The molecule has 11 heterocycles. The Balaban J connectivity index is 0.000000123. The number of hydrogen-bond donors (Lipinski definition) is 0. The smallest absolute Gasteiger partial charge is 0.247 e. The highest BCUT2D eigenvalue weighted by atomic mass is 79.9. The molecule has 21 aromatic rings. The van der Waals surface area contributed by atoms with Gasteiger partial charge in [-0.05, 0) is 260 Å². The molecule has 0 unspecified atom stereocenters.